The third-order valence-electron chi connectivity index (χ3n) is 9.15. The molecule has 1 unspecified atom stereocenters. The summed E-state index contributed by atoms with van der Waals surface area (Å²) in [6, 6.07) is 24.2. The fourth-order valence-electron chi connectivity index (χ4n) is 6.04. The Labute approximate surface area is 281 Å². The molecule has 46 heavy (non-hydrogen) atoms. The molecule has 0 aliphatic rings. The first-order chi connectivity index (χ1) is 22.6. The first-order valence-corrected chi connectivity index (χ1v) is 18.7. The molecule has 0 heterocycles. The Kier molecular flexibility index (Phi) is 19.1. The quantitative estimate of drug-likeness (QED) is 0.0533. The molecule has 0 radical (unpaired) electrons. The number of rotatable bonds is 25. The molecule has 3 aromatic carbocycles. The lowest BCUT2D eigenvalue weighted by molar-refractivity contribution is 0.0627. The van der Waals surface area contributed by atoms with Gasteiger partial charge in [-0.05, 0) is 72.7 Å². The van der Waals surface area contributed by atoms with Crippen LogP contribution in [-0.4, -0.2) is 12.6 Å². The van der Waals surface area contributed by atoms with E-state index in [0.29, 0.717) is 11.3 Å². The molecule has 0 N–H and O–H groups in total. The number of aryl methyl sites for hydroxylation is 1. The van der Waals surface area contributed by atoms with E-state index in [4.69, 9.17) is 9.47 Å². The van der Waals surface area contributed by atoms with Crippen LogP contribution >= 0.6 is 0 Å². The molecule has 3 aromatic rings. The highest BCUT2D eigenvalue weighted by atomic mass is 16.5. The molecule has 252 valence electrons. The zero-order valence-corrected chi connectivity index (χ0v) is 29.4. The van der Waals surface area contributed by atoms with Crippen molar-refractivity contribution < 1.29 is 14.3 Å². The molecule has 1 atom stereocenters. The van der Waals surface area contributed by atoms with Crippen LogP contribution in [0.2, 0.25) is 0 Å². The average molecular weight is 627 g/mol. The van der Waals surface area contributed by atoms with Crippen LogP contribution in [0.4, 0.5) is 0 Å². The molecule has 0 aliphatic heterocycles. The van der Waals surface area contributed by atoms with Crippen LogP contribution in [0.5, 0.6) is 5.75 Å². The molecule has 0 fully saturated rings. The van der Waals surface area contributed by atoms with E-state index >= 15 is 0 Å². The van der Waals surface area contributed by atoms with Crippen molar-refractivity contribution in [2.75, 3.05) is 6.61 Å². The van der Waals surface area contributed by atoms with Gasteiger partial charge in [-0.1, -0.05) is 165 Å². The summed E-state index contributed by atoms with van der Waals surface area (Å²) in [5.74, 6) is 0.234. The summed E-state index contributed by atoms with van der Waals surface area (Å²) in [5.41, 5.74) is 5.28. The fraction of sp³-hybridized carbons (Fsp3) is 0.558. The summed E-state index contributed by atoms with van der Waals surface area (Å²) in [4.78, 5) is 12.7. The van der Waals surface area contributed by atoms with Crippen molar-refractivity contribution in [1.82, 2.24) is 0 Å². The highest BCUT2D eigenvalue weighted by Crippen LogP contribution is 2.26. The van der Waals surface area contributed by atoms with Gasteiger partial charge < -0.3 is 9.47 Å². The van der Waals surface area contributed by atoms with Crippen LogP contribution < -0.4 is 4.74 Å². The van der Waals surface area contributed by atoms with Gasteiger partial charge in [-0.3, -0.25) is 0 Å². The summed E-state index contributed by atoms with van der Waals surface area (Å²) in [6.45, 7) is 7.48. The van der Waals surface area contributed by atoms with E-state index in [1.54, 1.807) is 0 Å². The lowest BCUT2D eigenvalue weighted by Crippen LogP contribution is -2.08. The number of ether oxygens (including phenoxy) is 2. The van der Waals surface area contributed by atoms with E-state index in [0.717, 1.165) is 30.6 Å². The van der Waals surface area contributed by atoms with Crippen LogP contribution in [0.25, 0.3) is 11.1 Å². The van der Waals surface area contributed by atoms with E-state index in [1.807, 2.05) is 48.5 Å². The summed E-state index contributed by atoms with van der Waals surface area (Å²) < 4.78 is 11.8. The van der Waals surface area contributed by atoms with Crippen molar-refractivity contribution in [3.05, 3.63) is 89.5 Å². The number of benzene rings is 3. The second-order valence-electron chi connectivity index (χ2n) is 13.2. The maximum absolute atomic E-state index is 12.7. The Morgan fingerprint density at radius 2 is 1.00 bits per heavy atom. The number of hydrogen-bond donors (Lipinski definition) is 0. The van der Waals surface area contributed by atoms with E-state index in [9.17, 15) is 4.79 Å². The van der Waals surface area contributed by atoms with Gasteiger partial charge in [0.25, 0.3) is 0 Å². The average Bonchev–Trinajstić information content (AvgIpc) is 3.09. The van der Waals surface area contributed by atoms with Crippen molar-refractivity contribution in [2.24, 2.45) is 0 Å². The van der Waals surface area contributed by atoms with Crippen LogP contribution in [0.15, 0.2) is 72.8 Å². The van der Waals surface area contributed by atoms with Crippen LogP contribution in [0.1, 0.15) is 164 Å². The molecule has 0 saturated heterocycles. The first-order valence-electron chi connectivity index (χ1n) is 18.7. The monoisotopic (exact) mass is 626 g/mol. The van der Waals surface area contributed by atoms with Gasteiger partial charge in [0.05, 0.1) is 11.7 Å². The maximum atomic E-state index is 12.7. The van der Waals surface area contributed by atoms with Gasteiger partial charge in [-0.15, -0.1) is 0 Å². The van der Waals surface area contributed by atoms with Gasteiger partial charge in [0.15, 0.2) is 0 Å². The van der Waals surface area contributed by atoms with E-state index in [1.165, 1.54) is 120 Å². The Morgan fingerprint density at radius 1 is 0.543 bits per heavy atom. The standard InChI is InChI=1S/C43H62O3/c1-4-6-8-10-11-12-13-14-15-16-17-18-19-21-35-45-36(3)38-27-29-39(30-28-38)40-31-33-42(34-32-40)46-43(44)41-25-23-37(24-26-41)22-20-9-7-5-2/h23-34,36H,4-22,35H2,1-3H3. The van der Waals surface area contributed by atoms with Crippen LogP contribution in [0, 0.1) is 0 Å². The second kappa shape index (κ2) is 23.4. The zero-order chi connectivity index (χ0) is 32.7. The highest BCUT2D eigenvalue weighted by Gasteiger charge is 2.10. The van der Waals surface area contributed by atoms with Gasteiger partial charge in [0.1, 0.15) is 5.75 Å². The van der Waals surface area contributed by atoms with Gasteiger partial charge >= 0.3 is 5.97 Å². The summed E-state index contributed by atoms with van der Waals surface area (Å²) >= 11 is 0. The van der Waals surface area contributed by atoms with Crippen molar-refractivity contribution >= 4 is 5.97 Å². The summed E-state index contributed by atoms with van der Waals surface area (Å²) in [5, 5.41) is 0. The molecule has 0 aromatic heterocycles. The van der Waals surface area contributed by atoms with Gasteiger partial charge in [-0.2, -0.15) is 0 Å². The van der Waals surface area contributed by atoms with Crippen molar-refractivity contribution in [1.29, 1.82) is 0 Å². The second-order valence-corrected chi connectivity index (χ2v) is 13.2. The lowest BCUT2D eigenvalue weighted by atomic mass is 10.0. The smallest absolute Gasteiger partial charge is 0.343 e. The van der Waals surface area contributed by atoms with Gasteiger partial charge in [0.2, 0.25) is 0 Å². The zero-order valence-electron chi connectivity index (χ0n) is 29.4. The highest BCUT2D eigenvalue weighted by molar-refractivity contribution is 5.91. The molecule has 3 nitrogen and oxygen atoms in total. The molecule has 0 saturated carbocycles. The van der Waals surface area contributed by atoms with Crippen molar-refractivity contribution in [3.8, 4) is 16.9 Å². The summed E-state index contributed by atoms with van der Waals surface area (Å²) in [7, 11) is 0. The Balaban J connectivity index is 1.28. The number of hydrogen-bond acceptors (Lipinski definition) is 3. The third kappa shape index (κ3) is 15.1. The number of carbonyl (C=O) groups excluding carboxylic acids is 1. The summed E-state index contributed by atoms with van der Waals surface area (Å²) in [6.07, 6.45) is 25.4. The van der Waals surface area contributed by atoms with Gasteiger partial charge in [-0.25, -0.2) is 4.79 Å². The minimum absolute atomic E-state index is 0.0907. The SMILES string of the molecule is CCCCCCCCCCCCCCCCOC(C)c1ccc(-c2ccc(OC(=O)c3ccc(CCCCCC)cc3)cc2)cc1. The first kappa shape index (κ1) is 37.5. The number of carbonyl (C=O) groups is 1. The molecule has 0 amide bonds. The molecular weight excluding hydrogens is 564 g/mol. The topological polar surface area (TPSA) is 35.5 Å². The molecular formula is C43H62O3. The van der Waals surface area contributed by atoms with E-state index < -0.39 is 0 Å². The minimum Gasteiger partial charge on any atom is -0.423 e. The van der Waals surface area contributed by atoms with E-state index in [2.05, 4.69) is 45.0 Å². The normalized spacial score (nSPS) is 11.9. The molecule has 0 spiro atoms. The molecule has 3 heteroatoms. The van der Waals surface area contributed by atoms with Gasteiger partial charge in [0, 0.05) is 6.61 Å². The van der Waals surface area contributed by atoms with Crippen molar-refractivity contribution in [2.45, 2.75) is 149 Å². The number of unbranched alkanes of at least 4 members (excludes halogenated alkanes) is 16. The van der Waals surface area contributed by atoms with Crippen molar-refractivity contribution in [3.63, 3.8) is 0 Å². The predicted octanol–water partition coefficient (Wildman–Crippen LogP) is 13.3. The Bertz CT molecular complexity index is 1180. The molecule has 3 rings (SSSR count). The molecule has 0 bridgehead atoms. The van der Waals surface area contributed by atoms with E-state index in [-0.39, 0.29) is 12.1 Å². The van der Waals surface area contributed by atoms with Crippen LogP contribution in [-0.2, 0) is 11.2 Å². The molecule has 0 aliphatic carbocycles. The largest absolute Gasteiger partial charge is 0.423 e. The third-order valence-corrected chi connectivity index (χ3v) is 9.15. The lowest BCUT2D eigenvalue weighted by Gasteiger charge is -2.14. The predicted molar refractivity (Wildman–Crippen MR) is 196 cm³/mol. The fourth-order valence-corrected chi connectivity index (χ4v) is 6.04. The Morgan fingerprint density at radius 3 is 1.52 bits per heavy atom. The number of esters is 1. The minimum atomic E-state index is -0.322. The van der Waals surface area contributed by atoms with Crippen LogP contribution in [0.3, 0.4) is 0 Å². The Hall–Kier alpha value is -2.91. The maximum Gasteiger partial charge on any atom is 0.343 e.